The summed E-state index contributed by atoms with van der Waals surface area (Å²) in [6, 6.07) is 6.18. The molecule has 0 radical (unpaired) electrons. The fraction of sp³-hybridized carbons (Fsp3) is 0.632. The predicted octanol–water partition coefficient (Wildman–Crippen LogP) is 4.39. The maximum atomic E-state index is 12.5. The van der Waals surface area contributed by atoms with Crippen molar-refractivity contribution >= 4 is 11.7 Å². The number of urea groups is 1. The second-order valence-corrected chi connectivity index (χ2v) is 8.10. The first-order chi connectivity index (χ1) is 10.5. The van der Waals surface area contributed by atoms with Gasteiger partial charge in [0.2, 0.25) is 0 Å². The fourth-order valence-corrected chi connectivity index (χ4v) is 5.53. The van der Waals surface area contributed by atoms with Crippen molar-refractivity contribution in [3.05, 3.63) is 29.3 Å². The Hall–Kier alpha value is -1.51. The molecule has 0 aromatic heterocycles. The summed E-state index contributed by atoms with van der Waals surface area (Å²) in [6.45, 7) is 4.10. The van der Waals surface area contributed by atoms with Crippen LogP contribution in [0.5, 0.6) is 0 Å². The maximum absolute atomic E-state index is 12.5. The number of carbonyl (C=O) groups excluding carboxylic acids is 1. The Morgan fingerprint density at radius 2 is 1.64 bits per heavy atom. The average molecular weight is 298 g/mol. The summed E-state index contributed by atoms with van der Waals surface area (Å²) in [5.41, 5.74) is 3.31. The molecule has 0 unspecified atom stereocenters. The lowest BCUT2D eigenvalue weighted by Crippen LogP contribution is -2.60. The lowest BCUT2D eigenvalue weighted by molar-refractivity contribution is -0.0127. The number of carbonyl (C=O) groups is 1. The molecule has 3 heteroatoms. The van der Waals surface area contributed by atoms with E-state index in [1.54, 1.807) is 0 Å². The third-order valence-electron chi connectivity index (χ3n) is 6.06. The Kier molecular flexibility index (Phi) is 3.21. The number of benzene rings is 1. The molecule has 4 aliphatic carbocycles. The molecule has 118 valence electrons. The molecule has 22 heavy (non-hydrogen) atoms. The topological polar surface area (TPSA) is 41.1 Å². The largest absolute Gasteiger partial charge is 0.332 e. The number of nitrogens with one attached hydrogen (secondary N) is 2. The van der Waals surface area contributed by atoms with E-state index in [-0.39, 0.29) is 11.6 Å². The van der Waals surface area contributed by atoms with Crippen LogP contribution in [0.3, 0.4) is 0 Å². The summed E-state index contributed by atoms with van der Waals surface area (Å²) in [5, 5.41) is 6.45. The minimum absolute atomic E-state index is 0.0179. The highest BCUT2D eigenvalue weighted by molar-refractivity contribution is 5.90. The molecular weight excluding hydrogens is 272 g/mol. The Balaban J connectivity index is 1.47. The predicted molar refractivity (Wildman–Crippen MR) is 89.0 cm³/mol. The zero-order chi connectivity index (χ0) is 15.3. The first-order valence-electron chi connectivity index (χ1n) is 8.68. The molecule has 4 bridgehead atoms. The first-order valence-corrected chi connectivity index (χ1v) is 8.68. The molecule has 3 nitrogen and oxygen atoms in total. The normalized spacial score (nSPS) is 35.5. The van der Waals surface area contributed by atoms with E-state index in [1.807, 2.05) is 6.92 Å². The van der Waals surface area contributed by atoms with Gasteiger partial charge in [-0.1, -0.05) is 12.1 Å². The van der Waals surface area contributed by atoms with E-state index < -0.39 is 0 Å². The molecular formula is C19H26N2O. The summed E-state index contributed by atoms with van der Waals surface area (Å²) in [6.07, 6.45) is 7.79. The number of hydrogen-bond donors (Lipinski definition) is 2. The Bertz CT molecular complexity index is 572. The maximum Gasteiger partial charge on any atom is 0.319 e. The summed E-state index contributed by atoms with van der Waals surface area (Å²) >= 11 is 0. The molecule has 2 amide bonds. The molecule has 0 heterocycles. The second kappa shape index (κ2) is 5.00. The van der Waals surface area contributed by atoms with Gasteiger partial charge in [-0.2, -0.15) is 0 Å². The Morgan fingerprint density at radius 1 is 1.05 bits per heavy atom. The van der Waals surface area contributed by atoms with Gasteiger partial charge in [-0.15, -0.1) is 0 Å². The van der Waals surface area contributed by atoms with Gasteiger partial charge < -0.3 is 10.6 Å². The first kappa shape index (κ1) is 14.1. The van der Waals surface area contributed by atoms with Crippen molar-refractivity contribution in [3.8, 4) is 0 Å². The molecule has 4 aliphatic rings. The third-order valence-corrected chi connectivity index (χ3v) is 6.06. The van der Waals surface area contributed by atoms with Crippen LogP contribution in [0.2, 0.25) is 0 Å². The van der Waals surface area contributed by atoms with Crippen LogP contribution in [0.25, 0.3) is 0 Å². The smallest absolute Gasteiger partial charge is 0.319 e. The van der Waals surface area contributed by atoms with Crippen LogP contribution in [0, 0.1) is 31.6 Å². The molecule has 4 fully saturated rings. The molecule has 0 saturated heterocycles. The van der Waals surface area contributed by atoms with Gasteiger partial charge in [0, 0.05) is 11.2 Å². The van der Waals surface area contributed by atoms with Crippen molar-refractivity contribution in [3.63, 3.8) is 0 Å². The molecule has 5 rings (SSSR count). The quantitative estimate of drug-likeness (QED) is 0.835. The van der Waals surface area contributed by atoms with Crippen molar-refractivity contribution in [2.45, 2.75) is 57.9 Å². The number of amides is 2. The summed E-state index contributed by atoms with van der Waals surface area (Å²) < 4.78 is 0. The fourth-order valence-electron chi connectivity index (χ4n) is 5.53. The molecule has 0 spiro atoms. The van der Waals surface area contributed by atoms with Gasteiger partial charge in [-0.05, 0) is 87.3 Å². The van der Waals surface area contributed by atoms with E-state index in [9.17, 15) is 4.79 Å². The van der Waals surface area contributed by atoms with Crippen molar-refractivity contribution < 1.29 is 4.79 Å². The van der Waals surface area contributed by atoms with Gasteiger partial charge >= 0.3 is 6.03 Å². The van der Waals surface area contributed by atoms with Crippen molar-refractivity contribution in [2.24, 2.45) is 17.8 Å². The van der Waals surface area contributed by atoms with Crippen LogP contribution in [0.1, 0.15) is 49.7 Å². The SMILES string of the molecule is Cc1ccc(C)c(NC(=O)NC23CC4CC(CC(C4)C2)C3)c1. The number of anilines is 1. The van der Waals surface area contributed by atoms with Gasteiger partial charge in [0.25, 0.3) is 0 Å². The standard InChI is InChI=1S/C19H26N2O/c1-12-3-4-13(2)17(5-12)20-18(22)21-19-9-14-6-15(10-19)8-16(7-14)11-19/h3-5,14-16H,6-11H2,1-2H3,(H2,20,21,22). The van der Waals surface area contributed by atoms with E-state index in [0.29, 0.717) is 0 Å². The highest BCUT2D eigenvalue weighted by atomic mass is 16.2. The van der Waals surface area contributed by atoms with Gasteiger partial charge in [0.05, 0.1) is 0 Å². The Labute approximate surface area is 132 Å². The molecule has 4 saturated carbocycles. The molecule has 0 atom stereocenters. The number of hydrogen-bond acceptors (Lipinski definition) is 1. The van der Waals surface area contributed by atoms with Crippen molar-refractivity contribution in [1.82, 2.24) is 5.32 Å². The van der Waals surface area contributed by atoms with Crippen LogP contribution in [0.4, 0.5) is 10.5 Å². The van der Waals surface area contributed by atoms with Crippen LogP contribution < -0.4 is 10.6 Å². The van der Waals surface area contributed by atoms with E-state index in [0.717, 1.165) is 29.0 Å². The molecule has 1 aromatic rings. The lowest BCUT2D eigenvalue weighted by atomic mass is 9.53. The van der Waals surface area contributed by atoms with Crippen LogP contribution in [0.15, 0.2) is 18.2 Å². The van der Waals surface area contributed by atoms with E-state index in [1.165, 1.54) is 44.1 Å². The third kappa shape index (κ3) is 2.51. The zero-order valence-electron chi connectivity index (χ0n) is 13.6. The average Bonchev–Trinajstić information content (AvgIpc) is 2.40. The minimum Gasteiger partial charge on any atom is -0.332 e. The lowest BCUT2D eigenvalue weighted by Gasteiger charge is -2.56. The van der Waals surface area contributed by atoms with Crippen LogP contribution >= 0.6 is 0 Å². The Morgan fingerprint density at radius 3 is 2.23 bits per heavy atom. The van der Waals surface area contributed by atoms with Crippen LogP contribution in [-0.2, 0) is 0 Å². The summed E-state index contributed by atoms with van der Waals surface area (Å²) in [4.78, 5) is 12.5. The van der Waals surface area contributed by atoms with E-state index in [2.05, 4.69) is 35.8 Å². The van der Waals surface area contributed by atoms with Crippen LogP contribution in [-0.4, -0.2) is 11.6 Å². The highest BCUT2D eigenvalue weighted by Crippen LogP contribution is 2.55. The van der Waals surface area contributed by atoms with E-state index >= 15 is 0 Å². The molecule has 1 aromatic carbocycles. The van der Waals surface area contributed by atoms with Crippen molar-refractivity contribution in [1.29, 1.82) is 0 Å². The summed E-state index contributed by atoms with van der Waals surface area (Å²) in [5.74, 6) is 2.56. The number of aryl methyl sites for hydroxylation is 2. The minimum atomic E-state index is -0.0179. The summed E-state index contributed by atoms with van der Waals surface area (Å²) in [7, 11) is 0. The monoisotopic (exact) mass is 298 g/mol. The molecule has 0 aliphatic heterocycles. The van der Waals surface area contributed by atoms with Crippen molar-refractivity contribution in [2.75, 3.05) is 5.32 Å². The van der Waals surface area contributed by atoms with Gasteiger partial charge in [-0.25, -0.2) is 4.79 Å². The molecule has 2 N–H and O–H groups in total. The van der Waals surface area contributed by atoms with E-state index in [4.69, 9.17) is 0 Å². The zero-order valence-corrected chi connectivity index (χ0v) is 13.6. The van der Waals surface area contributed by atoms with Gasteiger partial charge in [0.1, 0.15) is 0 Å². The van der Waals surface area contributed by atoms with Gasteiger partial charge in [0.15, 0.2) is 0 Å². The second-order valence-electron chi connectivity index (χ2n) is 8.10. The number of rotatable bonds is 2. The highest BCUT2D eigenvalue weighted by Gasteiger charge is 2.51. The van der Waals surface area contributed by atoms with Gasteiger partial charge in [-0.3, -0.25) is 0 Å².